The molecular weight excluding hydrogens is 462 g/mol. The Balaban J connectivity index is 1.32. The molecule has 8 nitrogen and oxygen atoms in total. The van der Waals surface area contributed by atoms with E-state index in [-0.39, 0.29) is 23.9 Å². The van der Waals surface area contributed by atoms with Gasteiger partial charge in [0.2, 0.25) is 5.91 Å². The summed E-state index contributed by atoms with van der Waals surface area (Å²) in [6, 6.07) is 13.6. The van der Waals surface area contributed by atoms with E-state index in [1.54, 1.807) is 22.6 Å². The third-order valence-corrected chi connectivity index (χ3v) is 7.53. The van der Waals surface area contributed by atoms with Gasteiger partial charge in [0, 0.05) is 18.7 Å². The quantitative estimate of drug-likeness (QED) is 0.399. The Morgan fingerprint density at radius 2 is 2.03 bits per heavy atom. The topological polar surface area (TPSA) is 91.0 Å². The highest BCUT2D eigenvalue weighted by Gasteiger charge is 2.29. The molecule has 1 aliphatic rings. The van der Waals surface area contributed by atoms with Crippen molar-refractivity contribution in [1.82, 2.24) is 24.6 Å². The predicted molar refractivity (Wildman–Crippen MR) is 137 cm³/mol. The molecule has 2 aromatic heterocycles. The van der Waals surface area contributed by atoms with Crippen molar-refractivity contribution >= 4 is 28.7 Å². The van der Waals surface area contributed by atoms with Gasteiger partial charge in [0.05, 0.1) is 25.0 Å². The molecule has 0 saturated heterocycles. The van der Waals surface area contributed by atoms with Crippen molar-refractivity contribution in [1.29, 1.82) is 0 Å². The normalized spacial score (nSPS) is 14.8. The number of nitrogens with one attached hydrogen (secondary N) is 1. The Morgan fingerprint density at radius 3 is 2.83 bits per heavy atom. The Hall–Kier alpha value is -3.59. The summed E-state index contributed by atoms with van der Waals surface area (Å²) in [5.41, 5.74) is 4.64. The summed E-state index contributed by atoms with van der Waals surface area (Å²) in [5, 5.41) is 8.51. The minimum atomic E-state index is -0.240. The van der Waals surface area contributed by atoms with Gasteiger partial charge in [0.1, 0.15) is 11.1 Å². The van der Waals surface area contributed by atoms with Gasteiger partial charge in [0.25, 0.3) is 5.56 Å². The zero-order valence-corrected chi connectivity index (χ0v) is 20.8. The Labute approximate surface area is 207 Å². The summed E-state index contributed by atoms with van der Waals surface area (Å²) < 4.78 is 8.73. The van der Waals surface area contributed by atoms with Gasteiger partial charge in [-0.1, -0.05) is 36.0 Å². The van der Waals surface area contributed by atoms with Crippen LogP contribution in [-0.2, 0) is 11.2 Å². The number of nitrogens with zero attached hydrogens (tertiary/aromatic N) is 4. The molecule has 35 heavy (non-hydrogen) atoms. The van der Waals surface area contributed by atoms with Crippen LogP contribution < -0.4 is 15.6 Å². The van der Waals surface area contributed by atoms with Gasteiger partial charge in [0.15, 0.2) is 10.8 Å². The number of para-hydroxylation sites is 1. The molecule has 5 rings (SSSR count). The van der Waals surface area contributed by atoms with Gasteiger partial charge in [-0.25, -0.2) is 9.67 Å². The van der Waals surface area contributed by atoms with Gasteiger partial charge in [-0.15, -0.1) is 0 Å². The van der Waals surface area contributed by atoms with Crippen LogP contribution in [0.2, 0.25) is 0 Å². The molecule has 1 aliphatic heterocycles. The highest BCUT2D eigenvalue weighted by Crippen LogP contribution is 2.33. The number of amides is 1. The van der Waals surface area contributed by atoms with E-state index >= 15 is 0 Å². The molecule has 2 aromatic carbocycles. The number of methoxy groups -OCH3 is 1. The molecular formula is C26H27N5O3S. The van der Waals surface area contributed by atoms with E-state index in [1.165, 1.54) is 17.3 Å². The minimum absolute atomic E-state index is 0.0869. The van der Waals surface area contributed by atoms with E-state index in [4.69, 9.17) is 9.72 Å². The Kier molecular flexibility index (Phi) is 6.34. The van der Waals surface area contributed by atoms with E-state index in [9.17, 15) is 9.59 Å². The Bertz CT molecular complexity index is 1480. The smallest absolute Gasteiger partial charge is 0.265 e. The number of aryl methyl sites for hydroxylation is 2. The van der Waals surface area contributed by atoms with Crippen molar-refractivity contribution in [3.05, 3.63) is 75.7 Å². The number of carbonyl (C=O) groups excluding carboxylic acids is 1. The second-order valence-corrected chi connectivity index (χ2v) is 9.70. The largest absolute Gasteiger partial charge is 0.496 e. The van der Waals surface area contributed by atoms with E-state index < -0.39 is 0 Å². The monoisotopic (exact) mass is 489 g/mol. The van der Waals surface area contributed by atoms with Crippen LogP contribution in [-0.4, -0.2) is 44.6 Å². The molecule has 1 amide bonds. The molecule has 0 spiro atoms. The number of benzene rings is 2. The Morgan fingerprint density at radius 1 is 1.20 bits per heavy atom. The van der Waals surface area contributed by atoms with Crippen molar-refractivity contribution in [2.45, 2.75) is 37.9 Å². The molecule has 1 N–H and O–H groups in total. The van der Waals surface area contributed by atoms with Crippen LogP contribution in [0.15, 0.2) is 58.6 Å². The third-order valence-electron chi connectivity index (χ3n) is 6.44. The average molecular weight is 490 g/mol. The van der Waals surface area contributed by atoms with Crippen molar-refractivity contribution in [3.63, 3.8) is 0 Å². The number of aromatic nitrogens is 4. The molecule has 0 bridgehead atoms. The van der Waals surface area contributed by atoms with Gasteiger partial charge in [-0.05, 0) is 55.2 Å². The summed E-state index contributed by atoms with van der Waals surface area (Å²) >= 11 is 1.50. The molecule has 1 unspecified atom stereocenters. The second-order valence-electron chi connectivity index (χ2n) is 8.71. The fraction of sp³-hybridized carbons (Fsp3) is 0.308. The van der Waals surface area contributed by atoms with Crippen molar-refractivity contribution in [2.24, 2.45) is 0 Å². The zero-order valence-electron chi connectivity index (χ0n) is 19.9. The van der Waals surface area contributed by atoms with E-state index in [2.05, 4.69) is 17.3 Å². The highest BCUT2D eigenvalue weighted by atomic mass is 32.2. The lowest BCUT2D eigenvalue weighted by Gasteiger charge is -2.14. The second kappa shape index (κ2) is 9.58. The first-order valence-corrected chi connectivity index (χ1v) is 12.5. The summed E-state index contributed by atoms with van der Waals surface area (Å²) in [4.78, 5) is 30.8. The lowest BCUT2D eigenvalue weighted by atomic mass is 10.1. The molecule has 4 aromatic rings. The number of fused-ring (bicyclic) bond motifs is 2. The SMILES string of the molecule is COc1ccccc1CCNC(=O)CC1CSc2nc3c(cnn3-c3ccc(C)c(C)c3)c(=O)n21. The molecule has 180 valence electrons. The van der Waals surface area contributed by atoms with Crippen molar-refractivity contribution < 1.29 is 9.53 Å². The summed E-state index contributed by atoms with van der Waals surface area (Å²) in [6.45, 7) is 4.61. The standard InChI is InChI=1S/C26H27N5O3S/c1-16-8-9-19(12-17(16)2)31-24-21(14-28-31)25(33)30-20(15-35-26(30)29-24)13-23(32)27-11-10-18-6-4-5-7-22(18)34-3/h4-9,12,14,20H,10-11,13,15H2,1-3H3,(H,27,32). The number of ether oxygens (including phenoxy) is 1. The van der Waals surface area contributed by atoms with Crippen LogP contribution in [0.4, 0.5) is 0 Å². The lowest BCUT2D eigenvalue weighted by molar-refractivity contribution is -0.121. The van der Waals surface area contributed by atoms with Gasteiger partial charge in [-0.3, -0.25) is 14.2 Å². The first-order valence-electron chi connectivity index (χ1n) is 11.6. The summed E-state index contributed by atoms with van der Waals surface area (Å²) in [7, 11) is 1.64. The van der Waals surface area contributed by atoms with Crippen LogP contribution in [0.1, 0.15) is 29.2 Å². The zero-order chi connectivity index (χ0) is 24.5. The highest BCUT2D eigenvalue weighted by molar-refractivity contribution is 7.99. The van der Waals surface area contributed by atoms with E-state index in [0.717, 1.165) is 22.6 Å². The minimum Gasteiger partial charge on any atom is -0.496 e. The maximum Gasteiger partial charge on any atom is 0.265 e. The fourth-order valence-electron chi connectivity index (χ4n) is 4.36. The molecule has 0 aliphatic carbocycles. The van der Waals surface area contributed by atoms with Crippen LogP contribution in [0.25, 0.3) is 16.7 Å². The summed E-state index contributed by atoms with van der Waals surface area (Å²) in [6.07, 6.45) is 2.47. The van der Waals surface area contributed by atoms with Crippen molar-refractivity contribution in [2.75, 3.05) is 19.4 Å². The molecule has 0 radical (unpaired) electrons. The first-order chi connectivity index (χ1) is 17.0. The number of carbonyl (C=O) groups is 1. The number of hydrogen-bond acceptors (Lipinski definition) is 6. The average Bonchev–Trinajstić information content (AvgIpc) is 3.46. The first kappa shape index (κ1) is 23.2. The predicted octanol–water partition coefficient (Wildman–Crippen LogP) is 3.60. The van der Waals surface area contributed by atoms with Crippen molar-refractivity contribution in [3.8, 4) is 11.4 Å². The number of hydrogen-bond donors (Lipinski definition) is 1. The lowest BCUT2D eigenvalue weighted by Crippen LogP contribution is -2.31. The van der Waals surface area contributed by atoms with Gasteiger partial charge in [-0.2, -0.15) is 5.10 Å². The maximum absolute atomic E-state index is 13.4. The molecule has 9 heteroatoms. The van der Waals surface area contributed by atoms with E-state index in [0.29, 0.717) is 34.9 Å². The van der Waals surface area contributed by atoms with E-state index in [1.807, 2.05) is 49.4 Å². The molecule has 1 atom stereocenters. The maximum atomic E-state index is 13.4. The molecule has 3 heterocycles. The molecule has 0 fully saturated rings. The number of rotatable bonds is 7. The van der Waals surface area contributed by atoms with Gasteiger partial charge < -0.3 is 10.1 Å². The summed E-state index contributed by atoms with van der Waals surface area (Å²) in [5.74, 6) is 1.35. The van der Waals surface area contributed by atoms with Gasteiger partial charge >= 0.3 is 0 Å². The van der Waals surface area contributed by atoms with Crippen LogP contribution in [0, 0.1) is 13.8 Å². The van der Waals surface area contributed by atoms with Crippen LogP contribution in [0.3, 0.4) is 0 Å². The van der Waals surface area contributed by atoms with Crippen LogP contribution in [0.5, 0.6) is 5.75 Å². The van der Waals surface area contributed by atoms with Crippen LogP contribution >= 0.6 is 11.8 Å². The number of thioether (sulfide) groups is 1. The molecule has 0 saturated carbocycles. The fourth-order valence-corrected chi connectivity index (χ4v) is 5.49. The third kappa shape index (κ3) is 4.43.